The fourth-order valence-corrected chi connectivity index (χ4v) is 11.8. The number of nitrogens with zero attached hydrogens (tertiary/aromatic N) is 1. The molecule has 0 fully saturated rings. The van der Waals surface area contributed by atoms with E-state index in [2.05, 4.69) is 0 Å². The Morgan fingerprint density at radius 2 is 0.587 bits per heavy atom. The van der Waals surface area contributed by atoms with E-state index in [1.807, 2.05) is 188 Å². The monoisotopic (exact) mass is 631 g/mol. The lowest BCUT2D eigenvalue weighted by molar-refractivity contribution is 0.591. The zero-order chi connectivity index (χ0) is 31.4. The summed E-state index contributed by atoms with van der Waals surface area (Å²) in [5.41, 5.74) is 2.99. The quantitative estimate of drug-likeness (QED) is 0.162. The number of hydrogen-bond donors (Lipinski definition) is 0. The third kappa shape index (κ3) is 5.29. The second-order valence-corrected chi connectivity index (χ2v) is 16.5. The third-order valence-corrected chi connectivity index (χ3v) is 14.5. The van der Waals surface area contributed by atoms with Crippen molar-refractivity contribution in [3.05, 3.63) is 188 Å². The van der Waals surface area contributed by atoms with Crippen LogP contribution < -0.4 is 31.8 Å². The van der Waals surface area contributed by atoms with Crippen molar-refractivity contribution in [1.82, 2.24) is 4.98 Å². The molecule has 0 atom stereocenters. The van der Waals surface area contributed by atoms with Crippen molar-refractivity contribution in [2.75, 3.05) is 0 Å². The maximum Gasteiger partial charge on any atom is 0.171 e. The zero-order valence-corrected chi connectivity index (χ0v) is 26.8. The van der Waals surface area contributed by atoms with Crippen molar-refractivity contribution in [2.45, 2.75) is 0 Å². The zero-order valence-electron chi connectivity index (χ0n) is 25.1. The van der Waals surface area contributed by atoms with Gasteiger partial charge in [0, 0.05) is 43.0 Å². The Hall–Kier alpha value is -5.07. The van der Waals surface area contributed by atoms with Crippen LogP contribution >= 0.6 is 14.3 Å². The van der Waals surface area contributed by atoms with Crippen LogP contribution in [0.1, 0.15) is 0 Å². The largest absolute Gasteiger partial charge is 0.309 e. The van der Waals surface area contributed by atoms with Crippen molar-refractivity contribution in [1.29, 1.82) is 0 Å². The van der Waals surface area contributed by atoms with Crippen LogP contribution in [0, 0.1) is 0 Å². The van der Waals surface area contributed by atoms with Crippen molar-refractivity contribution in [3.63, 3.8) is 0 Å². The van der Waals surface area contributed by atoms with E-state index in [1.54, 1.807) is 0 Å². The highest BCUT2D eigenvalue weighted by molar-refractivity contribution is 7.86. The average Bonchev–Trinajstić information content (AvgIpc) is 3.15. The van der Waals surface area contributed by atoms with Crippen LogP contribution in [0.25, 0.3) is 22.5 Å². The van der Waals surface area contributed by atoms with E-state index in [4.69, 9.17) is 4.98 Å². The van der Waals surface area contributed by atoms with Crippen LogP contribution in [-0.2, 0) is 9.13 Å². The number of benzene rings is 6. The highest BCUT2D eigenvalue weighted by Gasteiger charge is 2.34. The predicted octanol–water partition coefficient (Wildman–Crippen LogP) is 7.69. The minimum Gasteiger partial charge on any atom is -0.309 e. The predicted molar refractivity (Wildman–Crippen MR) is 194 cm³/mol. The van der Waals surface area contributed by atoms with E-state index in [1.165, 1.54) is 0 Å². The summed E-state index contributed by atoms with van der Waals surface area (Å²) < 4.78 is 30.8. The molecule has 7 aromatic rings. The van der Waals surface area contributed by atoms with Gasteiger partial charge in [-0.1, -0.05) is 176 Å². The lowest BCUT2D eigenvalue weighted by Gasteiger charge is -2.24. The van der Waals surface area contributed by atoms with Crippen LogP contribution in [0.15, 0.2) is 188 Å². The average molecular weight is 632 g/mol. The Morgan fingerprint density at radius 1 is 0.304 bits per heavy atom. The Labute approximate surface area is 270 Å². The Morgan fingerprint density at radius 3 is 0.913 bits per heavy atom. The van der Waals surface area contributed by atoms with Crippen LogP contribution in [0.4, 0.5) is 0 Å². The van der Waals surface area contributed by atoms with Gasteiger partial charge in [-0.05, 0) is 12.1 Å². The standard InChI is InChI=1S/C41H31NO2P2/c43-45(32-18-5-1-6-19-32,33-20-7-2-8-21-33)40-30-15-13-26-36(40)38-28-17-29-39(42-38)37-27-14-16-31-41(37)46(44,34-22-9-3-10-23-34)35-24-11-4-12-25-35/h1-31H. The number of rotatable bonds is 8. The van der Waals surface area contributed by atoms with Gasteiger partial charge in [0.25, 0.3) is 0 Å². The smallest absolute Gasteiger partial charge is 0.171 e. The summed E-state index contributed by atoms with van der Waals surface area (Å²) in [6, 6.07) is 60.3. The maximum absolute atomic E-state index is 15.4. The van der Waals surface area contributed by atoms with Gasteiger partial charge in [-0.2, -0.15) is 0 Å². The van der Waals surface area contributed by atoms with Crippen molar-refractivity contribution < 1.29 is 9.13 Å². The van der Waals surface area contributed by atoms with Crippen molar-refractivity contribution in [3.8, 4) is 22.5 Å². The molecule has 222 valence electrons. The van der Waals surface area contributed by atoms with Crippen LogP contribution in [0.2, 0.25) is 0 Å². The topological polar surface area (TPSA) is 47.0 Å². The van der Waals surface area contributed by atoms with Crippen LogP contribution in [0.5, 0.6) is 0 Å². The van der Waals surface area contributed by atoms with Gasteiger partial charge in [0.2, 0.25) is 0 Å². The molecular weight excluding hydrogens is 600 g/mol. The molecule has 0 saturated carbocycles. The van der Waals surface area contributed by atoms with Gasteiger partial charge in [-0.15, -0.1) is 0 Å². The summed E-state index contributed by atoms with van der Waals surface area (Å²) in [4.78, 5) is 5.19. The molecule has 0 aliphatic rings. The molecular formula is C41H31NO2P2. The van der Waals surface area contributed by atoms with E-state index in [0.717, 1.165) is 43.0 Å². The molecule has 1 heterocycles. The second kappa shape index (κ2) is 12.7. The highest BCUT2D eigenvalue weighted by Crippen LogP contribution is 2.46. The number of aromatic nitrogens is 1. The summed E-state index contributed by atoms with van der Waals surface area (Å²) in [6.07, 6.45) is 0. The van der Waals surface area contributed by atoms with Gasteiger partial charge in [0.05, 0.1) is 11.4 Å². The molecule has 0 radical (unpaired) electrons. The summed E-state index contributed by atoms with van der Waals surface area (Å²) in [5, 5.41) is 4.52. The molecule has 1 aromatic heterocycles. The number of hydrogen-bond acceptors (Lipinski definition) is 3. The van der Waals surface area contributed by atoms with Crippen molar-refractivity contribution in [2.24, 2.45) is 0 Å². The summed E-state index contributed by atoms with van der Waals surface area (Å²) >= 11 is 0. The van der Waals surface area contributed by atoms with Gasteiger partial charge >= 0.3 is 0 Å². The molecule has 0 saturated heterocycles. The van der Waals surface area contributed by atoms with Gasteiger partial charge in [0.15, 0.2) is 14.3 Å². The van der Waals surface area contributed by atoms with E-state index in [0.29, 0.717) is 11.4 Å². The van der Waals surface area contributed by atoms with E-state index < -0.39 is 14.3 Å². The minimum atomic E-state index is -3.27. The molecule has 0 bridgehead atoms. The van der Waals surface area contributed by atoms with E-state index in [-0.39, 0.29) is 0 Å². The number of pyridine rings is 1. The Bertz CT molecular complexity index is 1960. The molecule has 0 aliphatic heterocycles. The van der Waals surface area contributed by atoms with Crippen LogP contribution in [0.3, 0.4) is 0 Å². The maximum atomic E-state index is 15.4. The normalized spacial score (nSPS) is 11.7. The first-order chi connectivity index (χ1) is 22.6. The summed E-state index contributed by atoms with van der Waals surface area (Å²) in [7, 11) is -6.53. The molecule has 6 aromatic carbocycles. The molecule has 0 aliphatic carbocycles. The highest BCUT2D eigenvalue weighted by atomic mass is 31.2. The van der Waals surface area contributed by atoms with Crippen LogP contribution in [-0.4, -0.2) is 4.98 Å². The third-order valence-electron chi connectivity index (χ3n) is 8.27. The molecule has 46 heavy (non-hydrogen) atoms. The summed E-state index contributed by atoms with van der Waals surface area (Å²) in [6.45, 7) is 0. The molecule has 0 amide bonds. The van der Waals surface area contributed by atoms with E-state index >= 15 is 9.13 Å². The van der Waals surface area contributed by atoms with E-state index in [9.17, 15) is 0 Å². The molecule has 5 heteroatoms. The molecule has 7 rings (SSSR count). The van der Waals surface area contributed by atoms with Gasteiger partial charge in [-0.3, -0.25) is 0 Å². The van der Waals surface area contributed by atoms with Gasteiger partial charge < -0.3 is 9.13 Å². The molecule has 0 spiro atoms. The first-order valence-electron chi connectivity index (χ1n) is 15.2. The lowest BCUT2D eigenvalue weighted by Crippen LogP contribution is -2.27. The van der Waals surface area contributed by atoms with Crippen molar-refractivity contribution >= 4 is 46.1 Å². The first-order valence-corrected chi connectivity index (χ1v) is 18.6. The van der Waals surface area contributed by atoms with Gasteiger partial charge in [0.1, 0.15) is 0 Å². The fourth-order valence-electron chi connectivity index (χ4n) is 6.07. The second-order valence-electron chi connectivity index (χ2n) is 11.0. The van der Waals surface area contributed by atoms with Gasteiger partial charge in [-0.25, -0.2) is 4.98 Å². The first kappa shape index (κ1) is 29.6. The lowest BCUT2D eigenvalue weighted by atomic mass is 10.1. The molecule has 0 unspecified atom stereocenters. The minimum absolute atomic E-state index is 0.698. The summed E-state index contributed by atoms with van der Waals surface area (Å²) in [5.74, 6) is 0. The fraction of sp³-hybridized carbons (Fsp3) is 0. The molecule has 3 nitrogen and oxygen atoms in total. The SMILES string of the molecule is O=P(c1ccccc1)(c1ccccc1)c1ccccc1-c1cccc(-c2ccccc2P(=O)(c2ccccc2)c2ccccc2)n1. The Balaban J connectivity index is 1.42. The molecule has 0 N–H and O–H groups in total. The Kier molecular flexibility index (Phi) is 8.20.